The molecule has 1 saturated heterocycles. The number of carbonyl (C=O) groups is 1. The number of hydrogen-bond donors (Lipinski definition) is 2. The van der Waals surface area contributed by atoms with E-state index in [0.29, 0.717) is 0 Å². The fraction of sp³-hybridized carbons (Fsp3) is 0.917. The van der Waals surface area contributed by atoms with Crippen molar-refractivity contribution in [3.8, 4) is 0 Å². The highest BCUT2D eigenvalue weighted by Gasteiger charge is 2.31. The predicted octanol–water partition coefficient (Wildman–Crippen LogP) is 0.974. The van der Waals surface area contributed by atoms with Crippen molar-refractivity contribution in [2.45, 2.75) is 69.8 Å². The van der Waals surface area contributed by atoms with E-state index >= 15 is 0 Å². The van der Waals surface area contributed by atoms with Crippen molar-refractivity contribution in [1.82, 2.24) is 5.32 Å². The third-order valence-corrected chi connectivity index (χ3v) is 3.58. The topological polar surface area (TPSA) is 58.6 Å². The van der Waals surface area contributed by atoms with Crippen LogP contribution >= 0.6 is 0 Å². The van der Waals surface area contributed by atoms with Gasteiger partial charge >= 0.3 is 0 Å². The highest BCUT2D eigenvalue weighted by molar-refractivity contribution is 5.81. The van der Waals surface area contributed by atoms with E-state index in [1.165, 1.54) is 0 Å². The number of hydrogen-bond acceptors (Lipinski definition) is 3. The molecule has 1 saturated carbocycles. The predicted molar refractivity (Wildman–Crippen MR) is 60.0 cm³/mol. The fourth-order valence-electron chi connectivity index (χ4n) is 2.55. The van der Waals surface area contributed by atoms with Gasteiger partial charge in [0.25, 0.3) is 0 Å². The zero-order valence-corrected chi connectivity index (χ0v) is 9.82. The molecule has 2 aliphatic rings. The van der Waals surface area contributed by atoms with Crippen molar-refractivity contribution in [2.75, 3.05) is 0 Å². The van der Waals surface area contributed by atoms with Gasteiger partial charge in [0.05, 0.1) is 18.2 Å². The molecule has 4 atom stereocenters. The Balaban J connectivity index is 1.82. The molecule has 1 aliphatic heterocycles. The van der Waals surface area contributed by atoms with E-state index in [1.807, 2.05) is 6.92 Å². The largest absolute Gasteiger partial charge is 0.391 e. The summed E-state index contributed by atoms with van der Waals surface area (Å²) in [4.78, 5) is 11.9. The molecule has 92 valence electrons. The third kappa shape index (κ3) is 2.74. The highest BCUT2D eigenvalue weighted by atomic mass is 16.5. The van der Waals surface area contributed by atoms with E-state index in [9.17, 15) is 9.90 Å². The van der Waals surface area contributed by atoms with Gasteiger partial charge in [0.1, 0.15) is 6.10 Å². The molecule has 2 N–H and O–H groups in total. The molecule has 0 spiro atoms. The second kappa shape index (κ2) is 5.15. The summed E-state index contributed by atoms with van der Waals surface area (Å²) in [6, 6.07) is -0.0687. The third-order valence-electron chi connectivity index (χ3n) is 3.58. The molecule has 0 aromatic heterocycles. The number of aliphatic hydroxyl groups excluding tert-OH is 1. The molecule has 1 amide bonds. The molecule has 4 nitrogen and oxygen atoms in total. The van der Waals surface area contributed by atoms with Gasteiger partial charge in [-0.3, -0.25) is 4.79 Å². The van der Waals surface area contributed by atoms with E-state index in [4.69, 9.17) is 4.74 Å². The maximum absolute atomic E-state index is 11.9. The molecule has 2 rings (SSSR count). The van der Waals surface area contributed by atoms with Gasteiger partial charge in [0.2, 0.25) is 5.91 Å². The second-order valence-corrected chi connectivity index (χ2v) is 4.98. The lowest BCUT2D eigenvalue weighted by molar-refractivity contribution is -0.133. The average Bonchev–Trinajstić information content (AvgIpc) is 2.68. The van der Waals surface area contributed by atoms with Crippen molar-refractivity contribution in [1.29, 1.82) is 0 Å². The second-order valence-electron chi connectivity index (χ2n) is 4.98. The van der Waals surface area contributed by atoms with Crippen LogP contribution in [0, 0.1) is 0 Å². The Morgan fingerprint density at radius 2 is 2.00 bits per heavy atom. The molecule has 1 aliphatic carbocycles. The summed E-state index contributed by atoms with van der Waals surface area (Å²) in [5.41, 5.74) is 0. The average molecular weight is 227 g/mol. The standard InChI is InChI=1S/C12H21NO3/c1-8-6-7-11(16-8)12(15)13-9-4-2-3-5-10(9)14/h8-11,14H,2-7H2,1H3,(H,13,15)/t8?,9-,10-,11?/m1/s1. The Bertz CT molecular complexity index is 257. The fourth-order valence-corrected chi connectivity index (χ4v) is 2.55. The number of ether oxygens (including phenoxy) is 1. The molecule has 4 heteroatoms. The van der Waals surface area contributed by atoms with Crippen LogP contribution in [0.2, 0.25) is 0 Å². The van der Waals surface area contributed by atoms with Crippen LogP contribution in [0.4, 0.5) is 0 Å². The van der Waals surface area contributed by atoms with Gasteiger partial charge in [0, 0.05) is 0 Å². The lowest BCUT2D eigenvalue weighted by Gasteiger charge is -2.29. The Labute approximate surface area is 96.4 Å². The van der Waals surface area contributed by atoms with E-state index in [1.54, 1.807) is 0 Å². The Morgan fingerprint density at radius 1 is 1.25 bits per heavy atom. The van der Waals surface area contributed by atoms with Crippen molar-refractivity contribution < 1.29 is 14.6 Å². The van der Waals surface area contributed by atoms with Crippen LogP contribution in [0.15, 0.2) is 0 Å². The van der Waals surface area contributed by atoms with Gasteiger partial charge in [-0.2, -0.15) is 0 Å². The van der Waals surface area contributed by atoms with E-state index < -0.39 is 0 Å². The monoisotopic (exact) mass is 227 g/mol. The first-order valence-corrected chi connectivity index (χ1v) is 6.30. The van der Waals surface area contributed by atoms with E-state index in [2.05, 4.69) is 5.32 Å². The number of nitrogens with one attached hydrogen (secondary N) is 1. The van der Waals surface area contributed by atoms with Crippen molar-refractivity contribution in [3.05, 3.63) is 0 Å². The first kappa shape index (κ1) is 11.9. The summed E-state index contributed by atoms with van der Waals surface area (Å²) < 4.78 is 5.51. The summed E-state index contributed by atoms with van der Waals surface area (Å²) in [6.45, 7) is 1.99. The summed E-state index contributed by atoms with van der Waals surface area (Å²) in [7, 11) is 0. The van der Waals surface area contributed by atoms with Crippen LogP contribution in [0.5, 0.6) is 0 Å². The number of rotatable bonds is 2. The van der Waals surface area contributed by atoms with Crippen LogP contribution in [0.25, 0.3) is 0 Å². The van der Waals surface area contributed by atoms with Gasteiger partial charge in [-0.05, 0) is 32.6 Å². The molecule has 0 radical (unpaired) electrons. The van der Waals surface area contributed by atoms with Crippen LogP contribution in [0.3, 0.4) is 0 Å². The maximum Gasteiger partial charge on any atom is 0.249 e. The lowest BCUT2D eigenvalue weighted by Crippen LogP contribution is -2.48. The van der Waals surface area contributed by atoms with Crippen LogP contribution in [0.1, 0.15) is 45.4 Å². The Morgan fingerprint density at radius 3 is 2.62 bits per heavy atom. The molecule has 0 aromatic carbocycles. The van der Waals surface area contributed by atoms with Gasteiger partial charge in [-0.1, -0.05) is 12.8 Å². The van der Waals surface area contributed by atoms with E-state index in [-0.39, 0.29) is 30.3 Å². The van der Waals surface area contributed by atoms with Gasteiger partial charge in [-0.15, -0.1) is 0 Å². The maximum atomic E-state index is 11.9. The minimum Gasteiger partial charge on any atom is -0.391 e. The molecule has 16 heavy (non-hydrogen) atoms. The van der Waals surface area contributed by atoms with Crippen molar-refractivity contribution in [2.24, 2.45) is 0 Å². The zero-order chi connectivity index (χ0) is 11.5. The molecular weight excluding hydrogens is 206 g/mol. The Kier molecular flexibility index (Phi) is 3.82. The first-order valence-electron chi connectivity index (χ1n) is 6.30. The number of carbonyl (C=O) groups excluding carboxylic acids is 1. The highest BCUT2D eigenvalue weighted by Crippen LogP contribution is 2.21. The minimum absolute atomic E-state index is 0.0460. The van der Waals surface area contributed by atoms with Gasteiger partial charge in [0.15, 0.2) is 0 Å². The molecule has 2 fully saturated rings. The smallest absolute Gasteiger partial charge is 0.249 e. The molecular formula is C12H21NO3. The molecule has 1 heterocycles. The normalized spacial score (nSPS) is 39.6. The van der Waals surface area contributed by atoms with Crippen LogP contribution in [-0.4, -0.2) is 35.4 Å². The summed E-state index contributed by atoms with van der Waals surface area (Å²) >= 11 is 0. The molecule has 0 aromatic rings. The van der Waals surface area contributed by atoms with Crippen LogP contribution < -0.4 is 5.32 Å². The van der Waals surface area contributed by atoms with Crippen molar-refractivity contribution in [3.63, 3.8) is 0 Å². The first-order chi connectivity index (χ1) is 7.66. The number of amides is 1. The minimum atomic E-state index is -0.378. The SMILES string of the molecule is CC1CCC(C(=O)N[C@@H]2CCCC[C@H]2O)O1. The van der Waals surface area contributed by atoms with Crippen LogP contribution in [-0.2, 0) is 9.53 Å². The Hall–Kier alpha value is -0.610. The summed E-state index contributed by atoms with van der Waals surface area (Å²) in [5.74, 6) is -0.0460. The molecule has 0 bridgehead atoms. The summed E-state index contributed by atoms with van der Waals surface area (Å²) in [5, 5.41) is 12.7. The zero-order valence-electron chi connectivity index (χ0n) is 9.82. The lowest BCUT2D eigenvalue weighted by atomic mass is 9.92. The number of aliphatic hydroxyl groups is 1. The van der Waals surface area contributed by atoms with Gasteiger partial charge < -0.3 is 15.2 Å². The molecule has 2 unspecified atom stereocenters. The summed E-state index contributed by atoms with van der Waals surface area (Å²) in [6.07, 6.45) is 5.09. The van der Waals surface area contributed by atoms with Gasteiger partial charge in [-0.25, -0.2) is 0 Å². The van der Waals surface area contributed by atoms with Crippen molar-refractivity contribution >= 4 is 5.91 Å². The quantitative estimate of drug-likeness (QED) is 0.739. The van der Waals surface area contributed by atoms with E-state index in [0.717, 1.165) is 38.5 Å².